The smallest absolute Gasteiger partial charge is 0.136 e. The Balaban J connectivity index is 1.75. The van der Waals surface area contributed by atoms with E-state index in [2.05, 4.69) is 27.1 Å². The fraction of sp³-hybridized carbons (Fsp3) is 0.429. The van der Waals surface area contributed by atoms with E-state index < -0.39 is 5.60 Å². The molecule has 0 radical (unpaired) electrons. The highest BCUT2D eigenvalue weighted by Gasteiger charge is 2.44. The lowest BCUT2D eigenvalue weighted by Crippen LogP contribution is -2.37. The molecule has 1 saturated heterocycles. The van der Waals surface area contributed by atoms with E-state index in [0.717, 1.165) is 57.8 Å². The van der Waals surface area contributed by atoms with Crippen molar-refractivity contribution in [3.63, 3.8) is 0 Å². The average Bonchev–Trinajstić information content (AvgIpc) is 3.32. The summed E-state index contributed by atoms with van der Waals surface area (Å²) in [7, 11) is 5.62. The molecule has 3 aromatic rings. The average molecular weight is 380 g/mol. The Morgan fingerprint density at radius 1 is 1.29 bits per heavy atom. The number of hydrogen-bond acceptors (Lipinski definition) is 6. The lowest BCUT2D eigenvalue weighted by Gasteiger charge is -2.34. The van der Waals surface area contributed by atoms with Crippen LogP contribution in [0, 0.1) is 0 Å². The number of ether oxygens (including phenoxy) is 3. The molecule has 7 nitrogen and oxygen atoms in total. The fourth-order valence-electron chi connectivity index (χ4n) is 4.37. The number of rotatable bonds is 3. The van der Waals surface area contributed by atoms with Gasteiger partial charge in [0.25, 0.3) is 0 Å². The van der Waals surface area contributed by atoms with Crippen molar-refractivity contribution < 1.29 is 14.2 Å². The fourth-order valence-corrected chi connectivity index (χ4v) is 4.37. The Morgan fingerprint density at radius 3 is 2.93 bits per heavy atom. The van der Waals surface area contributed by atoms with E-state index in [1.807, 2.05) is 26.4 Å². The zero-order valence-electron chi connectivity index (χ0n) is 16.4. The third kappa shape index (κ3) is 2.50. The number of aryl methyl sites for hydroxylation is 1. The van der Waals surface area contributed by atoms with Gasteiger partial charge in [-0.3, -0.25) is 0 Å². The molecule has 2 aliphatic heterocycles. The molecule has 146 valence electrons. The van der Waals surface area contributed by atoms with Gasteiger partial charge in [0.2, 0.25) is 0 Å². The molecule has 1 N–H and O–H groups in total. The summed E-state index contributed by atoms with van der Waals surface area (Å²) in [6.07, 6.45) is 5.61. The number of nitrogens with zero attached hydrogens (tertiary/aromatic N) is 3. The Hall–Kier alpha value is -2.64. The predicted octanol–water partition coefficient (Wildman–Crippen LogP) is 2.87. The zero-order valence-corrected chi connectivity index (χ0v) is 16.4. The minimum Gasteiger partial charge on any atom is -0.496 e. The number of pyridine rings is 2. The van der Waals surface area contributed by atoms with Crippen LogP contribution in [0.25, 0.3) is 22.2 Å². The van der Waals surface area contributed by atoms with Crippen molar-refractivity contribution in [2.75, 3.05) is 39.3 Å². The summed E-state index contributed by atoms with van der Waals surface area (Å²) in [6.45, 7) is 1.90. The lowest BCUT2D eigenvalue weighted by atomic mass is 9.89. The quantitative estimate of drug-likeness (QED) is 0.753. The number of aromatic nitrogens is 3. The summed E-state index contributed by atoms with van der Waals surface area (Å²) in [5.41, 5.74) is 4.64. The molecule has 0 saturated carbocycles. The van der Waals surface area contributed by atoms with Gasteiger partial charge in [-0.15, -0.1) is 0 Å². The molecule has 7 heteroatoms. The Kier molecular flexibility index (Phi) is 4.03. The third-order valence-corrected chi connectivity index (χ3v) is 5.86. The van der Waals surface area contributed by atoms with Crippen LogP contribution in [0.4, 0.5) is 5.82 Å². The van der Waals surface area contributed by atoms with Crippen LogP contribution < -0.4 is 10.1 Å². The van der Waals surface area contributed by atoms with Gasteiger partial charge in [0.15, 0.2) is 0 Å². The maximum atomic E-state index is 6.20. The number of fused-ring (bicyclic) bond motifs is 3. The zero-order chi connectivity index (χ0) is 19.3. The first-order valence-electron chi connectivity index (χ1n) is 9.58. The topological polar surface area (TPSA) is 70.4 Å². The molecule has 0 aromatic carbocycles. The third-order valence-electron chi connectivity index (χ3n) is 5.86. The van der Waals surface area contributed by atoms with Crippen LogP contribution in [-0.2, 0) is 28.5 Å². The van der Waals surface area contributed by atoms with E-state index >= 15 is 0 Å². The van der Waals surface area contributed by atoms with Gasteiger partial charge in [-0.2, -0.15) is 0 Å². The van der Waals surface area contributed by atoms with Crippen molar-refractivity contribution in [2.24, 2.45) is 7.05 Å². The van der Waals surface area contributed by atoms with Crippen LogP contribution in [0.5, 0.6) is 5.75 Å². The Labute approximate surface area is 163 Å². The number of nitrogens with one attached hydrogen (secondary N) is 1. The molecule has 5 heterocycles. The van der Waals surface area contributed by atoms with E-state index in [9.17, 15) is 0 Å². The van der Waals surface area contributed by atoms with E-state index in [1.165, 1.54) is 0 Å². The van der Waals surface area contributed by atoms with Crippen molar-refractivity contribution in [1.82, 2.24) is 14.5 Å². The van der Waals surface area contributed by atoms with Crippen LogP contribution in [0.2, 0.25) is 0 Å². The number of methoxy groups -OCH3 is 1. The number of anilines is 1. The highest BCUT2D eigenvalue weighted by Crippen LogP contribution is 2.43. The van der Waals surface area contributed by atoms with Crippen LogP contribution in [-0.4, -0.2) is 48.5 Å². The van der Waals surface area contributed by atoms with Gasteiger partial charge in [-0.25, -0.2) is 9.97 Å². The van der Waals surface area contributed by atoms with E-state index in [1.54, 1.807) is 7.11 Å². The molecule has 1 fully saturated rings. The highest BCUT2D eigenvalue weighted by molar-refractivity contribution is 5.96. The first-order chi connectivity index (χ1) is 13.6. The second kappa shape index (κ2) is 6.46. The molecule has 0 amide bonds. The molecule has 28 heavy (non-hydrogen) atoms. The molecule has 3 aromatic heterocycles. The van der Waals surface area contributed by atoms with Crippen molar-refractivity contribution in [3.05, 3.63) is 35.8 Å². The second-order valence-corrected chi connectivity index (χ2v) is 7.42. The van der Waals surface area contributed by atoms with Crippen molar-refractivity contribution >= 4 is 16.7 Å². The van der Waals surface area contributed by atoms with Crippen LogP contribution in [0.3, 0.4) is 0 Å². The van der Waals surface area contributed by atoms with Gasteiger partial charge in [0.05, 0.1) is 43.4 Å². The maximum absolute atomic E-state index is 6.20. The van der Waals surface area contributed by atoms with Crippen molar-refractivity contribution in [2.45, 2.75) is 18.4 Å². The molecule has 1 atom stereocenters. The van der Waals surface area contributed by atoms with Crippen LogP contribution in [0.15, 0.2) is 24.5 Å². The lowest BCUT2D eigenvalue weighted by molar-refractivity contribution is -0.0668. The second-order valence-electron chi connectivity index (χ2n) is 7.42. The van der Waals surface area contributed by atoms with Gasteiger partial charge >= 0.3 is 0 Å². The van der Waals surface area contributed by atoms with Gasteiger partial charge in [-0.05, 0) is 6.07 Å². The molecule has 5 rings (SSSR count). The summed E-state index contributed by atoms with van der Waals surface area (Å²) >= 11 is 0. The molecule has 1 spiro atoms. The van der Waals surface area contributed by atoms with Crippen LogP contribution >= 0.6 is 0 Å². The van der Waals surface area contributed by atoms with E-state index in [4.69, 9.17) is 19.2 Å². The van der Waals surface area contributed by atoms with Gasteiger partial charge in [-0.1, -0.05) is 0 Å². The minimum atomic E-state index is -0.459. The molecular weight excluding hydrogens is 356 g/mol. The summed E-state index contributed by atoms with van der Waals surface area (Å²) in [5.74, 6) is 1.70. The van der Waals surface area contributed by atoms with Crippen LogP contribution in [0.1, 0.15) is 17.7 Å². The summed E-state index contributed by atoms with van der Waals surface area (Å²) in [6, 6.07) is 4.10. The summed E-state index contributed by atoms with van der Waals surface area (Å²) in [4.78, 5) is 9.55. The normalized spacial score (nSPS) is 21.2. The molecule has 2 aliphatic rings. The predicted molar refractivity (Wildman–Crippen MR) is 107 cm³/mol. The molecule has 0 aliphatic carbocycles. The van der Waals surface area contributed by atoms with E-state index in [0.29, 0.717) is 19.8 Å². The van der Waals surface area contributed by atoms with Crippen molar-refractivity contribution in [1.29, 1.82) is 0 Å². The van der Waals surface area contributed by atoms with E-state index in [-0.39, 0.29) is 0 Å². The van der Waals surface area contributed by atoms with Gasteiger partial charge in [0.1, 0.15) is 17.2 Å². The van der Waals surface area contributed by atoms with Gasteiger partial charge in [0, 0.05) is 62.3 Å². The minimum absolute atomic E-state index is 0.459. The number of hydrogen-bond donors (Lipinski definition) is 1. The molecule has 0 bridgehead atoms. The Bertz CT molecular complexity index is 1050. The molecule has 1 unspecified atom stereocenters. The Morgan fingerprint density at radius 2 is 2.18 bits per heavy atom. The monoisotopic (exact) mass is 380 g/mol. The summed E-state index contributed by atoms with van der Waals surface area (Å²) in [5, 5.41) is 4.22. The maximum Gasteiger partial charge on any atom is 0.136 e. The summed E-state index contributed by atoms with van der Waals surface area (Å²) < 4.78 is 19.7. The van der Waals surface area contributed by atoms with Crippen molar-refractivity contribution in [3.8, 4) is 17.0 Å². The SMILES string of the molecule is CNc1cc2c(-c3cc(OC)c4c(n3)C3(CCOC3)OCC4)cn(C)c2cn1. The standard InChI is InChI=1S/C21H24N4O3/c1-22-19-8-14-15(11-25(2)17(14)10-23-19)16-9-18(26-3)13-4-6-28-21(20(13)24-16)5-7-27-12-21/h8-11H,4-7,12H2,1-3H3,(H,22,23). The first-order valence-corrected chi connectivity index (χ1v) is 9.58. The van der Waals surface area contributed by atoms with Gasteiger partial charge < -0.3 is 24.1 Å². The largest absolute Gasteiger partial charge is 0.496 e. The highest BCUT2D eigenvalue weighted by atomic mass is 16.6. The first kappa shape index (κ1) is 17.5. The molecular formula is C21H24N4O3.